The lowest BCUT2D eigenvalue weighted by Crippen LogP contribution is -2.40. The van der Waals surface area contributed by atoms with E-state index in [1.807, 2.05) is 6.92 Å². The number of carbonyl (C=O) groups is 3. The summed E-state index contributed by atoms with van der Waals surface area (Å²) in [5.74, 6) is -2.22. The highest BCUT2D eigenvalue weighted by Gasteiger charge is 2.22. The summed E-state index contributed by atoms with van der Waals surface area (Å²) in [5.41, 5.74) is 5.12. The molecule has 0 saturated heterocycles. The van der Waals surface area contributed by atoms with Crippen LogP contribution in [0.4, 0.5) is 0 Å². The summed E-state index contributed by atoms with van der Waals surface area (Å²) in [7, 11) is 1.34. The first kappa shape index (κ1) is 20.6. The quantitative estimate of drug-likeness (QED) is 0.572. The van der Waals surface area contributed by atoms with Crippen LogP contribution >= 0.6 is 11.6 Å². The van der Waals surface area contributed by atoms with Gasteiger partial charge in [0.05, 0.1) is 12.1 Å². The third-order valence-corrected chi connectivity index (χ3v) is 3.58. The number of rotatable bonds is 10. The molecule has 4 N–H and O–H groups in total. The van der Waals surface area contributed by atoms with Crippen LogP contribution < -0.4 is 20.5 Å². The number of benzene rings is 1. The number of halogens is 1. The van der Waals surface area contributed by atoms with E-state index in [-0.39, 0.29) is 22.1 Å². The van der Waals surface area contributed by atoms with Crippen LogP contribution in [0.25, 0.3) is 0 Å². The predicted octanol–water partition coefficient (Wildman–Crippen LogP) is 1.59. The van der Waals surface area contributed by atoms with Gasteiger partial charge in [-0.25, -0.2) is 4.79 Å². The van der Waals surface area contributed by atoms with Crippen LogP contribution in [0.15, 0.2) is 12.1 Å². The molecular formula is C16H21ClN2O6. The summed E-state index contributed by atoms with van der Waals surface area (Å²) >= 11 is 6.07. The Kier molecular flexibility index (Phi) is 8.00. The molecule has 0 aliphatic carbocycles. The highest BCUT2D eigenvalue weighted by molar-refractivity contribution is 6.32. The van der Waals surface area contributed by atoms with Gasteiger partial charge < -0.3 is 25.6 Å². The first-order valence-corrected chi connectivity index (χ1v) is 8.00. The van der Waals surface area contributed by atoms with Crippen molar-refractivity contribution < 1.29 is 29.0 Å². The Balaban J connectivity index is 3.00. The average Bonchev–Trinajstić information content (AvgIpc) is 2.55. The molecule has 1 aromatic rings. The van der Waals surface area contributed by atoms with Crippen molar-refractivity contribution in [2.45, 2.75) is 32.2 Å². The number of carbonyl (C=O) groups excluding carboxylic acids is 2. The van der Waals surface area contributed by atoms with Crippen LogP contribution in [0.2, 0.25) is 5.02 Å². The minimum atomic E-state index is -1.11. The number of carboxylic acid groups (broad SMARTS) is 1. The molecule has 8 nitrogen and oxygen atoms in total. The molecule has 0 bridgehead atoms. The summed E-state index contributed by atoms with van der Waals surface area (Å²) in [4.78, 5) is 34.4. The first-order valence-electron chi connectivity index (χ1n) is 7.62. The maximum atomic E-state index is 12.3. The van der Waals surface area contributed by atoms with Crippen molar-refractivity contribution in [1.82, 2.24) is 5.32 Å². The van der Waals surface area contributed by atoms with E-state index in [1.165, 1.54) is 19.2 Å². The fourth-order valence-corrected chi connectivity index (χ4v) is 2.31. The standard InChI is InChI=1S/C16H21ClN2O6/c1-3-4-5-11(16(22)23)19-15(21)9-6-10(17)14(12(7-9)24-2)25-8-13(18)20/h6-7,11H,3-5,8H2,1-2H3,(H2,18,20)(H,19,21)(H,22,23). The fourth-order valence-electron chi connectivity index (χ4n) is 2.04. The summed E-state index contributed by atoms with van der Waals surface area (Å²) in [6.07, 6.45) is 1.80. The average molecular weight is 373 g/mol. The summed E-state index contributed by atoms with van der Waals surface area (Å²) in [6, 6.07) is 1.65. The van der Waals surface area contributed by atoms with Gasteiger partial charge in [0.2, 0.25) is 0 Å². The number of unbranched alkanes of at least 4 members (excludes halogenated alkanes) is 1. The van der Waals surface area contributed by atoms with Crippen molar-refractivity contribution in [1.29, 1.82) is 0 Å². The molecule has 2 amide bonds. The molecule has 0 saturated carbocycles. The molecule has 1 aromatic carbocycles. The van der Waals surface area contributed by atoms with Crippen molar-refractivity contribution in [2.75, 3.05) is 13.7 Å². The fraction of sp³-hybridized carbons (Fsp3) is 0.438. The summed E-state index contributed by atoms with van der Waals surface area (Å²) in [6.45, 7) is 1.52. The molecule has 0 fully saturated rings. The molecule has 0 aliphatic rings. The lowest BCUT2D eigenvalue weighted by atomic mass is 10.1. The number of methoxy groups -OCH3 is 1. The number of nitrogens with two attached hydrogens (primary N) is 1. The molecule has 0 aliphatic heterocycles. The topological polar surface area (TPSA) is 128 Å². The van der Waals surface area contributed by atoms with Crippen molar-refractivity contribution in [3.8, 4) is 11.5 Å². The molecule has 9 heteroatoms. The van der Waals surface area contributed by atoms with Gasteiger partial charge in [0.25, 0.3) is 11.8 Å². The Morgan fingerprint density at radius 3 is 2.56 bits per heavy atom. The monoisotopic (exact) mass is 372 g/mol. The van der Waals surface area contributed by atoms with Gasteiger partial charge in [-0.1, -0.05) is 31.4 Å². The zero-order valence-corrected chi connectivity index (χ0v) is 14.8. The van der Waals surface area contributed by atoms with E-state index in [4.69, 9.17) is 26.8 Å². The molecule has 0 radical (unpaired) electrons. The van der Waals surface area contributed by atoms with Gasteiger partial charge in [-0.3, -0.25) is 9.59 Å². The molecule has 0 aromatic heterocycles. The van der Waals surface area contributed by atoms with E-state index in [0.717, 1.165) is 6.42 Å². The van der Waals surface area contributed by atoms with Gasteiger partial charge >= 0.3 is 5.97 Å². The minimum Gasteiger partial charge on any atom is -0.493 e. The third-order valence-electron chi connectivity index (χ3n) is 3.30. The zero-order valence-electron chi connectivity index (χ0n) is 14.0. The largest absolute Gasteiger partial charge is 0.493 e. The van der Waals surface area contributed by atoms with E-state index >= 15 is 0 Å². The van der Waals surface area contributed by atoms with E-state index < -0.39 is 30.4 Å². The minimum absolute atomic E-state index is 0.0335. The number of ether oxygens (including phenoxy) is 2. The highest BCUT2D eigenvalue weighted by Crippen LogP contribution is 2.36. The summed E-state index contributed by atoms with van der Waals surface area (Å²) < 4.78 is 10.3. The molecule has 138 valence electrons. The van der Waals surface area contributed by atoms with Crippen molar-refractivity contribution in [3.63, 3.8) is 0 Å². The zero-order chi connectivity index (χ0) is 19.0. The SMILES string of the molecule is CCCCC(NC(=O)c1cc(Cl)c(OCC(N)=O)c(OC)c1)C(=O)O. The Hall–Kier alpha value is -2.48. The molecule has 0 heterocycles. The van der Waals surface area contributed by atoms with Crippen molar-refractivity contribution >= 4 is 29.4 Å². The molecule has 1 rings (SSSR count). The van der Waals surface area contributed by atoms with Crippen LogP contribution in [0.1, 0.15) is 36.5 Å². The third kappa shape index (κ3) is 6.15. The van der Waals surface area contributed by atoms with Gasteiger partial charge in [0.15, 0.2) is 18.1 Å². The van der Waals surface area contributed by atoms with E-state index in [2.05, 4.69) is 5.32 Å². The number of primary amides is 1. The van der Waals surface area contributed by atoms with Crippen LogP contribution in [0.5, 0.6) is 11.5 Å². The number of hydrogen-bond acceptors (Lipinski definition) is 5. The molecule has 25 heavy (non-hydrogen) atoms. The lowest BCUT2D eigenvalue weighted by Gasteiger charge is -2.16. The normalized spacial score (nSPS) is 11.5. The predicted molar refractivity (Wildman–Crippen MR) is 91.1 cm³/mol. The van der Waals surface area contributed by atoms with Crippen molar-refractivity contribution in [3.05, 3.63) is 22.7 Å². The summed E-state index contributed by atoms with van der Waals surface area (Å²) in [5, 5.41) is 11.7. The Morgan fingerprint density at radius 2 is 2.04 bits per heavy atom. The number of carboxylic acids is 1. The van der Waals surface area contributed by atoms with Gasteiger partial charge in [-0.15, -0.1) is 0 Å². The smallest absolute Gasteiger partial charge is 0.326 e. The van der Waals surface area contributed by atoms with Crippen LogP contribution in [0.3, 0.4) is 0 Å². The number of amides is 2. The Labute approximate surface area is 150 Å². The number of aliphatic carboxylic acids is 1. The lowest BCUT2D eigenvalue weighted by molar-refractivity contribution is -0.139. The maximum Gasteiger partial charge on any atom is 0.326 e. The van der Waals surface area contributed by atoms with Crippen LogP contribution in [0, 0.1) is 0 Å². The molecule has 1 unspecified atom stereocenters. The number of hydrogen-bond donors (Lipinski definition) is 3. The van der Waals surface area contributed by atoms with Gasteiger partial charge in [-0.05, 0) is 18.6 Å². The first-order chi connectivity index (χ1) is 11.8. The molecule has 0 spiro atoms. The molecular weight excluding hydrogens is 352 g/mol. The number of nitrogens with one attached hydrogen (secondary N) is 1. The maximum absolute atomic E-state index is 12.3. The van der Waals surface area contributed by atoms with Crippen molar-refractivity contribution in [2.24, 2.45) is 5.73 Å². The van der Waals surface area contributed by atoms with Gasteiger partial charge in [0.1, 0.15) is 6.04 Å². The Morgan fingerprint density at radius 1 is 1.36 bits per heavy atom. The molecule has 1 atom stereocenters. The second kappa shape index (κ2) is 9.73. The van der Waals surface area contributed by atoms with Crippen LogP contribution in [-0.4, -0.2) is 42.6 Å². The van der Waals surface area contributed by atoms with Gasteiger partial charge in [0, 0.05) is 5.56 Å². The van der Waals surface area contributed by atoms with E-state index in [9.17, 15) is 19.5 Å². The van der Waals surface area contributed by atoms with E-state index in [0.29, 0.717) is 12.8 Å². The van der Waals surface area contributed by atoms with Gasteiger partial charge in [-0.2, -0.15) is 0 Å². The second-order valence-corrected chi connectivity index (χ2v) is 5.66. The highest BCUT2D eigenvalue weighted by atomic mass is 35.5. The van der Waals surface area contributed by atoms with Crippen LogP contribution in [-0.2, 0) is 9.59 Å². The Bertz CT molecular complexity index is 650. The van der Waals surface area contributed by atoms with E-state index in [1.54, 1.807) is 0 Å². The second-order valence-electron chi connectivity index (χ2n) is 5.25.